The van der Waals surface area contributed by atoms with E-state index in [0.29, 0.717) is 12.2 Å². The Bertz CT molecular complexity index is 811. The second kappa shape index (κ2) is 9.21. The highest BCUT2D eigenvalue weighted by Gasteiger charge is 2.27. The van der Waals surface area contributed by atoms with Gasteiger partial charge in [-0.25, -0.2) is 0 Å². The van der Waals surface area contributed by atoms with Crippen LogP contribution in [-0.4, -0.2) is 43.3 Å². The van der Waals surface area contributed by atoms with Crippen molar-refractivity contribution in [2.45, 2.75) is 58.9 Å². The van der Waals surface area contributed by atoms with Gasteiger partial charge in [0, 0.05) is 43.1 Å². The summed E-state index contributed by atoms with van der Waals surface area (Å²) in [5.41, 5.74) is 4.54. The molecule has 146 valence electrons. The molecule has 0 fully saturated rings. The molecule has 1 amide bonds. The Morgan fingerprint density at radius 3 is 2.85 bits per heavy atom. The molecule has 0 saturated carbocycles. The normalized spacial score (nSPS) is 12.5. The molecule has 27 heavy (non-hydrogen) atoms. The van der Waals surface area contributed by atoms with E-state index in [9.17, 15) is 9.59 Å². The predicted molar refractivity (Wildman–Crippen MR) is 107 cm³/mol. The number of nitrogens with one attached hydrogen (secondary N) is 2. The standard InChI is InChI=1S/C19H27N5O2S/c1-3-24-12-15-16(23-24)9-8-14-17(15)21-22-18(14)19(26)20-10-6-4-5-7-11-27-13(2)25/h12H,3-11H2,1-2H3,(H,20,26)(H,21,22). The molecule has 1 aliphatic carbocycles. The SMILES string of the molecule is CCn1cc2c(n1)CCc1c-2n[nH]c1C(=O)NCCCCCCSC(C)=O. The molecule has 2 aromatic rings. The fraction of sp³-hybridized carbons (Fsp3) is 0.579. The maximum absolute atomic E-state index is 12.5. The van der Waals surface area contributed by atoms with Crippen LogP contribution in [0.4, 0.5) is 0 Å². The van der Waals surface area contributed by atoms with E-state index in [1.165, 1.54) is 11.8 Å². The van der Waals surface area contributed by atoms with Crippen LogP contribution in [0, 0.1) is 0 Å². The van der Waals surface area contributed by atoms with Gasteiger partial charge in [-0.15, -0.1) is 0 Å². The summed E-state index contributed by atoms with van der Waals surface area (Å²) < 4.78 is 1.92. The van der Waals surface area contributed by atoms with Crippen LogP contribution in [0.2, 0.25) is 0 Å². The van der Waals surface area contributed by atoms with Gasteiger partial charge in [0.15, 0.2) is 5.12 Å². The number of carbonyl (C=O) groups excluding carboxylic acids is 2. The first-order chi connectivity index (χ1) is 13.1. The highest BCUT2D eigenvalue weighted by Crippen LogP contribution is 2.32. The molecule has 0 saturated heterocycles. The van der Waals surface area contributed by atoms with Crippen molar-refractivity contribution in [2.75, 3.05) is 12.3 Å². The van der Waals surface area contributed by atoms with E-state index >= 15 is 0 Å². The predicted octanol–water partition coefficient (Wildman–Crippen LogP) is 2.96. The molecule has 0 spiro atoms. The zero-order valence-electron chi connectivity index (χ0n) is 16.0. The molecule has 3 rings (SSSR count). The number of fused-ring (bicyclic) bond motifs is 3. The number of H-pyrrole nitrogens is 1. The molecular formula is C19H27N5O2S. The summed E-state index contributed by atoms with van der Waals surface area (Å²) in [5, 5.41) is 15.1. The van der Waals surface area contributed by atoms with E-state index in [4.69, 9.17) is 0 Å². The van der Waals surface area contributed by atoms with Gasteiger partial charge in [0.2, 0.25) is 0 Å². The van der Waals surface area contributed by atoms with Crippen LogP contribution in [0.3, 0.4) is 0 Å². The number of amides is 1. The summed E-state index contributed by atoms with van der Waals surface area (Å²) in [4.78, 5) is 23.4. The maximum Gasteiger partial charge on any atom is 0.269 e. The van der Waals surface area contributed by atoms with Gasteiger partial charge in [-0.05, 0) is 32.6 Å². The molecule has 8 heteroatoms. The van der Waals surface area contributed by atoms with E-state index in [1.54, 1.807) is 6.92 Å². The lowest BCUT2D eigenvalue weighted by atomic mass is 9.94. The van der Waals surface area contributed by atoms with Gasteiger partial charge < -0.3 is 5.32 Å². The first kappa shape index (κ1) is 19.7. The van der Waals surface area contributed by atoms with Gasteiger partial charge >= 0.3 is 0 Å². The molecule has 2 N–H and O–H groups in total. The lowest BCUT2D eigenvalue weighted by Crippen LogP contribution is -2.26. The number of aryl methyl sites for hydroxylation is 2. The molecule has 2 aromatic heterocycles. The second-order valence-corrected chi connectivity index (χ2v) is 8.05. The second-order valence-electron chi connectivity index (χ2n) is 6.78. The first-order valence-corrected chi connectivity index (χ1v) is 10.6. The number of thioether (sulfide) groups is 1. The van der Waals surface area contributed by atoms with Crippen molar-refractivity contribution in [1.29, 1.82) is 0 Å². The summed E-state index contributed by atoms with van der Waals surface area (Å²) in [6.07, 6.45) is 7.77. The first-order valence-electron chi connectivity index (χ1n) is 9.65. The van der Waals surface area contributed by atoms with Gasteiger partial charge in [0.1, 0.15) is 5.69 Å². The average molecular weight is 390 g/mol. The van der Waals surface area contributed by atoms with Crippen LogP contribution in [-0.2, 0) is 24.2 Å². The molecule has 0 bridgehead atoms. The zero-order chi connectivity index (χ0) is 19.2. The van der Waals surface area contributed by atoms with Gasteiger partial charge in [0.25, 0.3) is 5.91 Å². The number of hydrogen-bond donors (Lipinski definition) is 2. The quantitative estimate of drug-likeness (QED) is 0.643. The van der Waals surface area contributed by atoms with Gasteiger partial charge in [-0.1, -0.05) is 24.6 Å². The van der Waals surface area contributed by atoms with Crippen molar-refractivity contribution in [2.24, 2.45) is 0 Å². The minimum absolute atomic E-state index is 0.0813. The van der Waals surface area contributed by atoms with Crippen molar-refractivity contribution < 1.29 is 9.59 Å². The Morgan fingerprint density at radius 1 is 1.26 bits per heavy atom. The third kappa shape index (κ3) is 4.80. The molecule has 2 heterocycles. The fourth-order valence-electron chi connectivity index (χ4n) is 3.36. The summed E-state index contributed by atoms with van der Waals surface area (Å²) in [6, 6.07) is 0. The van der Waals surface area contributed by atoms with Gasteiger partial charge in [-0.3, -0.25) is 19.4 Å². The Balaban J connectivity index is 1.47. The van der Waals surface area contributed by atoms with Crippen molar-refractivity contribution in [3.63, 3.8) is 0 Å². The van der Waals surface area contributed by atoms with E-state index in [0.717, 1.165) is 73.3 Å². The van der Waals surface area contributed by atoms with Gasteiger partial charge in [0.05, 0.1) is 11.4 Å². The number of unbranched alkanes of at least 4 members (excludes halogenated alkanes) is 3. The summed E-state index contributed by atoms with van der Waals surface area (Å²) >= 11 is 1.38. The van der Waals surface area contributed by atoms with Crippen LogP contribution in [0.5, 0.6) is 0 Å². The topological polar surface area (TPSA) is 92.7 Å². The third-order valence-corrected chi connectivity index (χ3v) is 5.68. The Hall–Kier alpha value is -2.09. The summed E-state index contributed by atoms with van der Waals surface area (Å²) in [5.74, 6) is 0.806. The largest absolute Gasteiger partial charge is 0.351 e. The number of rotatable bonds is 9. The molecule has 7 nitrogen and oxygen atoms in total. The van der Waals surface area contributed by atoms with Crippen molar-refractivity contribution >= 4 is 22.8 Å². The molecule has 0 aliphatic heterocycles. The Kier molecular flexibility index (Phi) is 6.71. The van der Waals surface area contributed by atoms with Crippen LogP contribution < -0.4 is 5.32 Å². The molecule has 0 unspecified atom stereocenters. The third-order valence-electron chi connectivity index (χ3n) is 4.79. The highest BCUT2D eigenvalue weighted by atomic mass is 32.2. The number of aromatic nitrogens is 4. The Labute approximate surface area is 163 Å². The molecule has 0 aromatic carbocycles. The monoisotopic (exact) mass is 389 g/mol. The fourth-order valence-corrected chi connectivity index (χ4v) is 3.99. The van der Waals surface area contributed by atoms with E-state index in [-0.39, 0.29) is 11.0 Å². The minimum atomic E-state index is -0.0813. The lowest BCUT2D eigenvalue weighted by Gasteiger charge is -2.11. The number of nitrogens with zero attached hydrogens (tertiary/aromatic N) is 3. The van der Waals surface area contributed by atoms with E-state index in [1.807, 2.05) is 10.9 Å². The smallest absolute Gasteiger partial charge is 0.269 e. The highest BCUT2D eigenvalue weighted by molar-refractivity contribution is 8.13. The average Bonchev–Trinajstić information content (AvgIpc) is 3.26. The van der Waals surface area contributed by atoms with Crippen molar-refractivity contribution in [1.82, 2.24) is 25.3 Å². The van der Waals surface area contributed by atoms with Crippen molar-refractivity contribution in [3.05, 3.63) is 23.1 Å². The molecule has 1 aliphatic rings. The van der Waals surface area contributed by atoms with Crippen molar-refractivity contribution in [3.8, 4) is 11.3 Å². The number of carbonyl (C=O) groups is 2. The number of hydrogen-bond acceptors (Lipinski definition) is 5. The van der Waals surface area contributed by atoms with Crippen LogP contribution in [0.15, 0.2) is 6.20 Å². The van der Waals surface area contributed by atoms with E-state index < -0.39 is 0 Å². The van der Waals surface area contributed by atoms with Crippen LogP contribution in [0.1, 0.15) is 61.3 Å². The molecule has 0 radical (unpaired) electrons. The van der Waals surface area contributed by atoms with Crippen LogP contribution in [0.25, 0.3) is 11.3 Å². The van der Waals surface area contributed by atoms with Gasteiger partial charge in [-0.2, -0.15) is 10.2 Å². The number of aromatic amines is 1. The summed E-state index contributed by atoms with van der Waals surface area (Å²) in [6.45, 7) is 5.15. The molecular weight excluding hydrogens is 362 g/mol. The van der Waals surface area contributed by atoms with Crippen LogP contribution >= 0.6 is 11.8 Å². The Morgan fingerprint density at radius 2 is 2.07 bits per heavy atom. The zero-order valence-corrected chi connectivity index (χ0v) is 16.8. The maximum atomic E-state index is 12.5. The van der Waals surface area contributed by atoms with E-state index in [2.05, 4.69) is 27.5 Å². The summed E-state index contributed by atoms with van der Waals surface area (Å²) in [7, 11) is 0. The minimum Gasteiger partial charge on any atom is -0.351 e. The molecule has 0 atom stereocenters. The lowest BCUT2D eigenvalue weighted by molar-refractivity contribution is -0.109.